The molecule has 306 valence electrons. The molecule has 4 aliphatic heterocycles. The molecule has 0 atom stereocenters. The first-order valence-corrected chi connectivity index (χ1v) is 23.6. The van der Waals surface area contributed by atoms with Gasteiger partial charge in [-0.3, -0.25) is 8.47 Å². The molecule has 2 fully saturated rings. The maximum atomic E-state index is 10.1. The summed E-state index contributed by atoms with van der Waals surface area (Å²) in [6.07, 6.45) is 7.57. The van der Waals surface area contributed by atoms with E-state index >= 15 is 0 Å². The highest BCUT2D eigenvalue weighted by Crippen LogP contribution is 2.44. The first-order valence-electron chi connectivity index (χ1n) is 21.9. The van der Waals surface area contributed by atoms with Gasteiger partial charge in [0.15, 0.2) is 23.3 Å². The minimum atomic E-state index is -4.21. The van der Waals surface area contributed by atoms with E-state index in [1.165, 1.54) is 0 Å². The van der Waals surface area contributed by atoms with Gasteiger partial charge in [-0.25, -0.2) is 30.0 Å². The molecule has 6 heterocycles. The monoisotopic (exact) mass is 826 g/mol. The van der Waals surface area contributed by atoms with Gasteiger partial charge < -0.3 is 19.1 Å². The molecule has 6 aliphatic rings. The van der Waals surface area contributed by atoms with Crippen LogP contribution in [0.3, 0.4) is 0 Å². The lowest BCUT2D eigenvalue weighted by molar-refractivity contribution is 0.0754. The van der Waals surface area contributed by atoms with Crippen LogP contribution in [-0.4, -0.2) is 77.3 Å². The largest absolute Gasteiger partial charge is 0.603 e. The Balaban J connectivity index is 1.23. The van der Waals surface area contributed by atoms with Gasteiger partial charge in [0.05, 0.1) is 0 Å². The number of amidine groups is 4. The van der Waals surface area contributed by atoms with Gasteiger partial charge in [0.2, 0.25) is 0 Å². The standard InChI is InChI=1S/C48H46N8O4Si/c57-25-29-17-21-31(22-18-29)27-59-61(60-28-32-23-19-30(26-58)20-24-32)55-45-37-13-5-6-14-38(37)47(55)53-43-35-11-3-4-12-36(35)44(50-43)54-48-40-16-8-7-15-39(40)46(56(48)61)52-42-34-10-2-1-9-33(34)41(49-42)51-45/h1-16,29-32,57-58H,17-28H2. The fraction of sp³-hybridized carbons (Fsp3) is 0.333. The molecule has 12 rings (SSSR count). The van der Waals surface area contributed by atoms with Crippen molar-refractivity contribution in [3.05, 3.63) is 130 Å². The summed E-state index contributed by atoms with van der Waals surface area (Å²) >= 11 is 0. The van der Waals surface area contributed by atoms with Crippen LogP contribution in [0.5, 0.6) is 0 Å². The van der Waals surface area contributed by atoms with Crippen molar-refractivity contribution in [1.29, 1.82) is 0 Å². The molecule has 13 heteroatoms. The third-order valence-corrected chi connectivity index (χ3v) is 16.8. The Morgan fingerprint density at radius 3 is 1.16 bits per heavy atom. The molecule has 4 aromatic carbocycles. The van der Waals surface area contributed by atoms with Crippen LogP contribution >= 0.6 is 0 Å². The second-order valence-electron chi connectivity index (χ2n) is 17.4. The second kappa shape index (κ2) is 14.7. The van der Waals surface area contributed by atoms with Gasteiger partial charge in [-0.2, -0.15) is 0 Å². The van der Waals surface area contributed by atoms with E-state index in [2.05, 4.69) is 57.0 Å². The van der Waals surface area contributed by atoms with Gasteiger partial charge in [-0.15, -0.1) is 0 Å². The molecule has 12 nitrogen and oxygen atoms in total. The van der Waals surface area contributed by atoms with E-state index < -0.39 is 8.88 Å². The summed E-state index contributed by atoms with van der Waals surface area (Å²) in [5.41, 5.74) is 4.91. The van der Waals surface area contributed by atoms with Gasteiger partial charge in [-0.05, 0) is 75.0 Å². The fourth-order valence-corrected chi connectivity index (χ4v) is 13.8. The molecule has 0 spiro atoms. The number of hydrogen-bond donors (Lipinski definition) is 2. The maximum absolute atomic E-state index is 10.1. The van der Waals surface area contributed by atoms with Crippen molar-refractivity contribution in [2.24, 2.45) is 53.6 Å². The van der Waals surface area contributed by atoms with Crippen LogP contribution in [0.1, 0.15) is 73.6 Å². The maximum Gasteiger partial charge on any atom is 0.603 e. The minimum Gasteiger partial charge on any atom is -0.396 e. The van der Waals surface area contributed by atoms with Crippen LogP contribution in [0.25, 0.3) is 21.5 Å². The predicted molar refractivity (Wildman–Crippen MR) is 238 cm³/mol. The third-order valence-electron chi connectivity index (χ3n) is 13.8. The number of benzene rings is 4. The topological polar surface area (TPSA) is 143 Å². The summed E-state index contributed by atoms with van der Waals surface area (Å²) in [7, 11) is -4.21. The molecule has 6 aromatic rings. The SMILES string of the molecule is OCC1CCC(CO[Si]2(OCC3CCC(CO)CC3)n3c4c5ccccc5c3N=C3N=C(N=c5c6ccccc6c(n52)=NC2=NC(=N4)c4ccccc42)c2ccccc23)CC1. The fourth-order valence-electron chi connectivity index (χ4n) is 10.3. The number of fused-ring (bicyclic) bond motifs is 14. The van der Waals surface area contributed by atoms with Crippen LogP contribution in [0.2, 0.25) is 0 Å². The number of rotatable bonds is 8. The molecule has 2 saturated carbocycles. The average molecular weight is 827 g/mol. The van der Waals surface area contributed by atoms with Crippen molar-refractivity contribution in [2.45, 2.75) is 51.4 Å². The van der Waals surface area contributed by atoms with Gasteiger partial charge in [0.25, 0.3) is 0 Å². The molecule has 0 amide bonds. The Kier molecular flexibility index (Phi) is 8.96. The number of aliphatic imine (C=N–C) groups is 4. The number of aliphatic hydroxyl groups excluding tert-OH is 2. The highest BCUT2D eigenvalue weighted by atomic mass is 28.4. The van der Waals surface area contributed by atoms with Crippen molar-refractivity contribution in [3.8, 4) is 0 Å². The molecule has 0 radical (unpaired) electrons. The van der Waals surface area contributed by atoms with Crippen LogP contribution < -0.4 is 11.0 Å². The Labute approximate surface area is 353 Å². The Hall–Kier alpha value is -5.70. The van der Waals surface area contributed by atoms with Crippen LogP contribution in [0, 0.1) is 23.7 Å². The van der Waals surface area contributed by atoms with E-state index in [0.717, 1.165) is 95.2 Å². The van der Waals surface area contributed by atoms with E-state index in [9.17, 15) is 10.2 Å². The molecular formula is C48H46N8O4Si. The summed E-state index contributed by atoms with van der Waals surface area (Å²) in [6, 6.07) is 33.0. The molecule has 6 bridgehead atoms. The average Bonchev–Trinajstić information content (AvgIpc) is 4.03. The zero-order valence-corrected chi connectivity index (χ0v) is 34.8. The predicted octanol–water partition coefficient (Wildman–Crippen LogP) is 7.00. The van der Waals surface area contributed by atoms with Crippen LogP contribution in [-0.2, 0) is 8.85 Å². The Bertz CT molecular complexity index is 2830. The molecule has 61 heavy (non-hydrogen) atoms. The Morgan fingerprint density at radius 1 is 0.426 bits per heavy atom. The highest BCUT2D eigenvalue weighted by Gasteiger charge is 2.54. The molecule has 2 N–H and O–H groups in total. The summed E-state index contributed by atoms with van der Waals surface area (Å²) in [5.74, 6) is 4.67. The zero-order valence-electron chi connectivity index (χ0n) is 33.8. The van der Waals surface area contributed by atoms with E-state index in [1.54, 1.807) is 0 Å². The molecular weight excluding hydrogens is 781 g/mol. The van der Waals surface area contributed by atoms with Gasteiger partial charge in [0, 0.05) is 70.2 Å². The number of aliphatic hydroxyl groups is 2. The lowest BCUT2D eigenvalue weighted by Crippen LogP contribution is -2.64. The second-order valence-corrected chi connectivity index (χ2v) is 20.0. The lowest BCUT2D eigenvalue weighted by Gasteiger charge is -2.37. The van der Waals surface area contributed by atoms with Gasteiger partial charge in [-0.1, -0.05) is 97.1 Å². The Morgan fingerprint density at radius 2 is 0.770 bits per heavy atom. The van der Waals surface area contributed by atoms with Crippen LogP contribution in [0.15, 0.2) is 127 Å². The van der Waals surface area contributed by atoms with E-state index in [1.807, 2.05) is 48.5 Å². The highest BCUT2D eigenvalue weighted by molar-refractivity contribution is 6.66. The van der Waals surface area contributed by atoms with Crippen molar-refractivity contribution in [2.75, 3.05) is 26.4 Å². The molecule has 2 aliphatic carbocycles. The number of hydrogen-bond acceptors (Lipinski definition) is 10. The van der Waals surface area contributed by atoms with E-state index in [-0.39, 0.29) is 25.0 Å². The first kappa shape index (κ1) is 37.1. The first-order chi connectivity index (χ1) is 30.1. The van der Waals surface area contributed by atoms with Crippen LogP contribution in [0.4, 0.5) is 11.6 Å². The van der Waals surface area contributed by atoms with Gasteiger partial charge >= 0.3 is 8.88 Å². The minimum absolute atomic E-state index is 0.210. The molecule has 2 aromatic heterocycles. The molecule has 0 saturated heterocycles. The number of nitrogens with zero attached hydrogens (tertiary/aromatic N) is 8. The zero-order chi connectivity index (χ0) is 40.7. The summed E-state index contributed by atoms with van der Waals surface area (Å²) in [4.78, 5) is 32.7. The lowest BCUT2D eigenvalue weighted by atomic mass is 9.83. The quantitative estimate of drug-likeness (QED) is 0.159. The van der Waals surface area contributed by atoms with Crippen molar-refractivity contribution in [1.82, 2.24) is 8.47 Å². The van der Waals surface area contributed by atoms with Crippen molar-refractivity contribution < 1.29 is 19.1 Å². The summed E-state index contributed by atoms with van der Waals surface area (Å²) in [6.45, 7) is 1.28. The van der Waals surface area contributed by atoms with E-state index in [4.69, 9.17) is 38.8 Å². The van der Waals surface area contributed by atoms with Crippen molar-refractivity contribution in [3.63, 3.8) is 0 Å². The van der Waals surface area contributed by atoms with Crippen molar-refractivity contribution >= 4 is 65.4 Å². The third kappa shape index (κ3) is 5.93. The van der Waals surface area contributed by atoms with Gasteiger partial charge in [0.1, 0.15) is 22.6 Å². The smallest absolute Gasteiger partial charge is 0.396 e. The summed E-state index contributed by atoms with van der Waals surface area (Å²) < 4.78 is 20.1. The number of aromatic nitrogens is 2. The van der Waals surface area contributed by atoms with E-state index in [0.29, 0.717) is 71.0 Å². The normalized spacial score (nSPS) is 24.8. The molecule has 0 unspecified atom stereocenters. The summed E-state index contributed by atoms with van der Waals surface area (Å²) in [5, 5.41) is 23.8.